The van der Waals surface area contributed by atoms with Crippen molar-refractivity contribution in [3.63, 3.8) is 0 Å². The van der Waals surface area contributed by atoms with Crippen molar-refractivity contribution in [2.75, 3.05) is 0 Å². The Morgan fingerprint density at radius 3 is 2.18 bits per heavy atom. The van der Waals surface area contributed by atoms with Gasteiger partial charge in [-0.2, -0.15) is 9.59 Å². The van der Waals surface area contributed by atoms with Gasteiger partial charge in [-0.1, -0.05) is 6.07 Å². The fourth-order valence-electron chi connectivity index (χ4n) is 0.415. The molecule has 0 amide bonds. The van der Waals surface area contributed by atoms with Crippen LogP contribution in [0.25, 0.3) is 0 Å². The predicted molar refractivity (Wildman–Crippen MR) is 34.3 cm³/mol. The zero-order valence-corrected chi connectivity index (χ0v) is 6.11. The number of carbonyl (C=O) groups excluding carboxylic acids is 2. The highest BCUT2D eigenvalue weighted by atomic mass is 32.1. The van der Waals surface area contributed by atoms with E-state index in [-0.39, 0.29) is 11.0 Å². The highest BCUT2D eigenvalue weighted by molar-refractivity contribution is 7.09. The topological polar surface area (TPSA) is 34.1 Å². The number of alkyl halides is 2. The van der Waals surface area contributed by atoms with Gasteiger partial charge in [0.2, 0.25) is 0 Å². The third kappa shape index (κ3) is 4.36. The maximum atomic E-state index is 11.6. The Labute approximate surface area is 65.5 Å². The minimum absolute atomic E-state index is 0.144. The summed E-state index contributed by atoms with van der Waals surface area (Å²) >= 11 is 1.08. The first kappa shape index (κ1) is 9.94. The summed E-state index contributed by atoms with van der Waals surface area (Å²) in [5, 5.41) is 1.64. The second-order valence-electron chi connectivity index (χ2n) is 1.40. The van der Waals surface area contributed by atoms with Gasteiger partial charge in [-0.3, -0.25) is 0 Å². The number of rotatable bonds is 1. The second kappa shape index (κ2) is 5.70. The SMILES string of the molecule is FC(F)c1cccs1.O=C=O. The third-order valence-corrected chi connectivity index (χ3v) is 1.64. The van der Waals surface area contributed by atoms with Crippen molar-refractivity contribution in [3.8, 4) is 0 Å². The van der Waals surface area contributed by atoms with Crippen LogP contribution in [0.15, 0.2) is 17.5 Å². The molecule has 0 aliphatic rings. The fraction of sp³-hybridized carbons (Fsp3) is 0.167. The summed E-state index contributed by atoms with van der Waals surface area (Å²) in [7, 11) is 0. The molecule has 0 radical (unpaired) electrons. The van der Waals surface area contributed by atoms with Crippen LogP contribution in [0.4, 0.5) is 8.78 Å². The molecule has 5 heteroatoms. The normalized spacial score (nSPS) is 8.27. The van der Waals surface area contributed by atoms with Crippen molar-refractivity contribution < 1.29 is 18.4 Å². The molecular formula is C6H4F2O2S. The van der Waals surface area contributed by atoms with Gasteiger partial charge in [0.1, 0.15) is 0 Å². The molecule has 0 atom stereocenters. The van der Waals surface area contributed by atoms with Gasteiger partial charge in [-0.15, -0.1) is 11.3 Å². The van der Waals surface area contributed by atoms with Gasteiger partial charge in [0, 0.05) is 0 Å². The summed E-state index contributed by atoms with van der Waals surface area (Å²) in [5.41, 5.74) is 0. The van der Waals surface area contributed by atoms with Gasteiger partial charge in [0.15, 0.2) is 0 Å². The molecule has 2 nitrogen and oxygen atoms in total. The smallest absolute Gasteiger partial charge is 0.204 e. The third-order valence-electron chi connectivity index (χ3n) is 0.758. The van der Waals surface area contributed by atoms with Crippen molar-refractivity contribution >= 4 is 17.5 Å². The average molecular weight is 178 g/mol. The Balaban J connectivity index is 0.000000292. The molecule has 1 aromatic rings. The highest BCUT2D eigenvalue weighted by Crippen LogP contribution is 2.22. The monoisotopic (exact) mass is 178 g/mol. The zero-order valence-electron chi connectivity index (χ0n) is 5.29. The van der Waals surface area contributed by atoms with E-state index in [4.69, 9.17) is 9.59 Å². The molecule has 0 aromatic carbocycles. The Morgan fingerprint density at radius 1 is 1.45 bits per heavy atom. The van der Waals surface area contributed by atoms with Crippen molar-refractivity contribution in [2.24, 2.45) is 0 Å². The van der Waals surface area contributed by atoms with Crippen molar-refractivity contribution in [1.82, 2.24) is 0 Å². The molecule has 1 aromatic heterocycles. The van der Waals surface area contributed by atoms with E-state index in [1.807, 2.05) is 0 Å². The molecule has 0 spiro atoms. The van der Waals surface area contributed by atoms with E-state index in [1.54, 1.807) is 11.4 Å². The quantitative estimate of drug-likeness (QED) is 0.659. The van der Waals surface area contributed by atoms with Crippen LogP contribution in [-0.2, 0) is 9.59 Å². The first-order valence-electron chi connectivity index (χ1n) is 2.53. The van der Waals surface area contributed by atoms with Crippen LogP contribution in [0.2, 0.25) is 0 Å². The lowest BCUT2D eigenvalue weighted by atomic mass is 10.5. The van der Waals surface area contributed by atoms with Crippen LogP contribution >= 0.6 is 11.3 Å². The number of hydrogen-bond donors (Lipinski definition) is 0. The van der Waals surface area contributed by atoms with E-state index in [0.29, 0.717) is 0 Å². The molecule has 0 saturated carbocycles. The van der Waals surface area contributed by atoms with Crippen LogP contribution in [-0.4, -0.2) is 6.15 Å². The number of thiophene rings is 1. The Bertz CT molecular complexity index is 214. The molecule has 0 fully saturated rings. The molecular weight excluding hydrogens is 174 g/mol. The van der Waals surface area contributed by atoms with Crippen LogP contribution < -0.4 is 0 Å². The minimum atomic E-state index is -2.30. The van der Waals surface area contributed by atoms with E-state index >= 15 is 0 Å². The minimum Gasteiger partial charge on any atom is -0.204 e. The van der Waals surface area contributed by atoms with Gasteiger partial charge in [0.05, 0.1) is 4.88 Å². The first-order chi connectivity index (χ1) is 5.22. The first-order valence-corrected chi connectivity index (χ1v) is 3.41. The van der Waals surface area contributed by atoms with Gasteiger partial charge in [0.25, 0.3) is 6.43 Å². The Hall–Kier alpha value is -1.06. The Kier molecular flexibility index (Phi) is 5.15. The van der Waals surface area contributed by atoms with E-state index in [1.165, 1.54) is 6.07 Å². The Morgan fingerprint density at radius 2 is 2.00 bits per heavy atom. The van der Waals surface area contributed by atoms with Crippen LogP contribution in [0.5, 0.6) is 0 Å². The summed E-state index contributed by atoms with van der Waals surface area (Å²) in [4.78, 5) is 16.4. The lowest BCUT2D eigenvalue weighted by Crippen LogP contribution is -1.71. The van der Waals surface area contributed by atoms with Crippen molar-refractivity contribution in [1.29, 1.82) is 0 Å². The largest absolute Gasteiger partial charge is 0.373 e. The zero-order chi connectivity index (χ0) is 8.69. The fourth-order valence-corrected chi connectivity index (χ4v) is 0.990. The van der Waals surface area contributed by atoms with Crippen molar-refractivity contribution in [2.45, 2.75) is 6.43 Å². The molecule has 0 unspecified atom stereocenters. The van der Waals surface area contributed by atoms with E-state index < -0.39 is 6.43 Å². The maximum absolute atomic E-state index is 11.6. The summed E-state index contributed by atoms with van der Waals surface area (Å²) in [6.45, 7) is 0. The van der Waals surface area contributed by atoms with E-state index in [0.717, 1.165) is 11.3 Å². The van der Waals surface area contributed by atoms with Gasteiger partial charge < -0.3 is 0 Å². The van der Waals surface area contributed by atoms with Gasteiger partial charge in [-0.05, 0) is 11.4 Å². The van der Waals surface area contributed by atoms with Gasteiger partial charge >= 0.3 is 6.15 Å². The highest BCUT2D eigenvalue weighted by Gasteiger charge is 2.04. The summed E-state index contributed by atoms with van der Waals surface area (Å²) in [6, 6.07) is 3.04. The van der Waals surface area contributed by atoms with Crippen LogP contribution in [0.3, 0.4) is 0 Å². The molecule has 1 heterocycles. The number of hydrogen-bond acceptors (Lipinski definition) is 3. The molecule has 0 aliphatic heterocycles. The lowest BCUT2D eigenvalue weighted by Gasteiger charge is -1.87. The molecule has 60 valence electrons. The predicted octanol–water partition coefficient (Wildman–Crippen LogP) is 2.10. The maximum Gasteiger partial charge on any atom is 0.373 e. The molecule has 1 rings (SSSR count). The summed E-state index contributed by atoms with van der Waals surface area (Å²) in [5.74, 6) is 0. The molecule has 11 heavy (non-hydrogen) atoms. The molecule has 0 saturated heterocycles. The molecule has 0 aliphatic carbocycles. The number of halogens is 2. The van der Waals surface area contributed by atoms with E-state index in [2.05, 4.69) is 0 Å². The van der Waals surface area contributed by atoms with Crippen LogP contribution in [0, 0.1) is 0 Å². The molecule has 0 bridgehead atoms. The lowest BCUT2D eigenvalue weighted by molar-refractivity contribution is -0.191. The average Bonchev–Trinajstić information content (AvgIpc) is 2.38. The standard InChI is InChI=1S/C5H4F2S.CO2/c6-5(7)4-2-1-3-8-4;2-1-3/h1-3,5H;. The molecule has 0 N–H and O–H groups in total. The van der Waals surface area contributed by atoms with Crippen LogP contribution in [0.1, 0.15) is 11.3 Å². The summed E-state index contributed by atoms with van der Waals surface area (Å²) in [6.07, 6.45) is -2.05. The van der Waals surface area contributed by atoms with E-state index in [9.17, 15) is 8.78 Å². The second-order valence-corrected chi connectivity index (χ2v) is 2.38. The van der Waals surface area contributed by atoms with Gasteiger partial charge in [-0.25, -0.2) is 8.78 Å². The van der Waals surface area contributed by atoms with Crippen molar-refractivity contribution in [3.05, 3.63) is 22.4 Å². The summed E-state index contributed by atoms with van der Waals surface area (Å²) < 4.78 is 23.2.